The average molecular weight is 259 g/mol. The Balaban J connectivity index is 2.10. The Labute approximate surface area is 90.9 Å². The molecule has 0 radical (unpaired) electrons. The molecule has 0 bridgehead atoms. The highest BCUT2D eigenvalue weighted by Crippen LogP contribution is 2.18. The summed E-state index contributed by atoms with van der Waals surface area (Å²) in [5.41, 5.74) is 0. The molecule has 1 aromatic rings. The highest BCUT2D eigenvalue weighted by atomic mass is 79.9. The van der Waals surface area contributed by atoms with Gasteiger partial charge in [-0.2, -0.15) is 11.8 Å². The van der Waals surface area contributed by atoms with Crippen LogP contribution in [-0.4, -0.2) is 29.6 Å². The quantitative estimate of drug-likeness (QED) is 0.770. The Hall–Kier alpha value is -0.220. The van der Waals surface area contributed by atoms with Crippen LogP contribution in [0.2, 0.25) is 0 Å². The second kappa shape index (κ2) is 4.33. The molecule has 0 aliphatic carbocycles. The van der Waals surface area contributed by atoms with Crippen molar-refractivity contribution >= 4 is 33.5 Å². The largest absolute Gasteiger partial charge is 0.355 e. The van der Waals surface area contributed by atoms with E-state index in [9.17, 15) is 0 Å². The van der Waals surface area contributed by atoms with E-state index in [2.05, 4.69) is 31.9 Å². The van der Waals surface area contributed by atoms with Gasteiger partial charge in [-0.15, -0.1) is 0 Å². The summed E-state index contributed by atoms with van der Waals surface area (Å²) < 4.78 is 1.04. The third-order valence-corrected chi connectivity index (χ3v) is 3.46. The van der Waals surface area contributed by atoms with Gasteiger partial charge in [0.2, 0.25) is 0 Å². The van der Waals surface area contributed by atoms with Crippen LogP contribution in [0.25, 0.3) is 0 Å². The number of nitrogens with zero attached hydrogens (tertiary/aromatic N) is 2. The highest BCUT2D eigenvalue weighted by Gasteiger charge is 2.11. The van der Waals surface area contributed by atoms with Crippen LogP contribution in [0.4, 0.5) is 5.82 Å². The molecule has 1 aliphatic rings. The van der Waals surface area contributed by atoms with Gasteiger partial charge in [-0.05, 0) is 28.1 Å². The molecule has 4 heteroatoms. The van der Waals surface area contributed by atoms with E-state index in [1.54, 1.807) is 0 Å². The van der Waals surface area contributed by atoms with Crippen LogP contribution in [0, 0.1) is 0 Å². The molecule has 0 atom stereocenters. The maximum atomic E-state index is 4.37. The van der Waals surface area contributed by atoms with Crippen LogP contribution in [0.15, 0.2) is 22.8 Å². The van der Waals surface area contributed by atoms with Gasteiger partial charge in [-0.25, -0.2) is 4.98 Å². The third-order valence-electron chi connectivity index (χ3n) is 2.05. The zero-order valence-electron chi connectivity index (χ0n) is 7.24. The van der Waals surface area contributed by atoms with E-state index >= 15 is 0 Å². The summed E-state index contributed by atoms with van der Waals surface area (Å²) in [6.07, 6.45) is 1.86. The molecular weight excluding hydrogens is 248 g/mol. The molecule has 1 saturated heterocycles. The van der Waals surface area contributed by atoms with Crippen LogP contribution < -0.4 is 4.90 Å². The number of pyridine rings is 1. The molecule has 0 spiro atoms. The number of hydrogen-bond acceptors (Lipinski definition) is 3. The summed E-state index contributed by atoms with van der Waals surface area (Å²) >= 11 is 5.40. The molecule has 13 heavy (non-hydrogen) atoms. The van der Waals surface area contributed by atoms with Crippen LogP contribution in [-0.2, 0) is 0 Å². The van der Waals surface area contributed by atoms with Gasteiger partial charge in [0.15, 0.2) is 0 Å². The Morgan fingerprint density at radius 1 is 1.31 bits per heavy atom. The van der Waals surface area contributed by atoms with Gasteiger partial charge in [-0.1, -0.05) is 0 Å². The van der Waals surface area contributed by atoms with Gasteiger partial charge in [0.25, 0.3) is 0 Å². The number of hydrogen-bond donors (Lipinski definition) is 0. The molecule has 2 heterocycles. The van der Waals surface area contributed by atoms with Crippen LogP contribution in [0.3, 0.4) is 0 Å². The maximum Gasteiger partial charge on any atom is 0.128 e. The van der Waals surface area contributed by atoms with E-state index in [0.29, 0.717) is 0 Å². The zero-order chi connectivity index (χ0) is 9.10. The smallest absolute Gasteiger partial charge is 0.128 e. The van der Waals surface area contributed by atoms with Crippen molar-refractivity contribution < 1.29 is 0 Å². The molecule has 2 nitrogen and oxygen atoms in total. The molecule has 2 rings (SSSR count). The lowest BCUT2D eigenvalue weighted by Crippen LogP contribution is -2.32. The van der Waals surface area contributed by atoms with E-state index in [0.717, 1.165) is 23.4 Å². The Morgan fingerprint density at radius 2 is 2.08 bits per heavy atom. The molecule has 0 saturated carbocycles. The van der Waals surface area contributed by atoms with Crippen molar-refractivity contribution in [1.82, 2.24) is 4.98 Å². The molecule has 1 aromatic heterocycles. The van der Waals surface area contributed by atoms with Crippen molar-refractivity contribution in [2.24, 2.45) is 0 Å². The first-order chi connectivity index (χ1) is 6.36. The molecular formula is C9H11BrN2S. The average Bonchev–Trinajstić information content (AvgIpc) is 2.20. The minimum absolute atomic E-state index is 1.04. The first-order valence-electron chi connectivity index (χ1n) is 4.30. The van der Waals surface area contributed by atoms with Crippen molar-refractivity contribution in [3.05, 3.63) is 22.8 Å². The summed E-state index contributed by atoms with van der Waals surface area (Å²) in [6.45, 7) is 2.25. The van der Waals surface area contributed by atoms with Gasteiger partial charge >= 0.3 is 0 Å². The van der Waals surface area contributed by atoms with Gasteiger partial charge in [-0.3, -0.25) is 0 Å². The highest BCUT2D eigenvalue weighted by molar-refractivity contribution is 9.10. The van der Waals surface area contributed by atoms with Crippen molar-refractivity contribution in [3.8, 4) is 0 Å². The Kier molecular flexibility index (Phi) is 3.11. The van der Waals surface area contributed by atoms with E-state index < -0.39 is 0 Å². The van der Waals surface area contributed by atoms with Crippen molar-refractivity contribution in [3.63, 3.8) is 0 Å². The van der Waals surface area contributed by atoms with Gasteiger partial charge in [0.1, 0.15) is 5.82 Å². The normalized spacial score (nSPS) is 17.5. The lowest BCUT2D eigenvalue weighted by atomic mass is 10.4. The third kappa shape index (κ3) is 2.38. The Morgan fingerprint density at radius 3 is 2.69 bits per heavy atom. The number of halogens is 1. The molecule has 1 fully saturated rings. The molecule has 1 aliphatic heterocycles. The predicted octanol–water partition coefficient (Wildman–Crippen LogP) is 2.40. The summed E-state index contributed by atoms with van der Waals surface area (Å²) in [6, 6.07) is 4.12. The summed E-state index contributed by atoms with van der Waals surface area (Å²) in [4.78, 5) is 6.71. The lowest BCUT2D eigenvalue weighted by Gasteiger charge is -2.27. The number of anilines is 1. The molecule has 0 unspecified atom stereocenters. The first-order valence-corrected chi connectivity index (χ1v) is 6.25. The molecule has 0 aromatic carbocycles. The molecule has 0 N–H and O–H groups in total. The lowest BCUT2D eigenvalue weighted by molar-refractivity contribution is 0.839. The minimum Gasteiger partial charge on any atom is -0.355 e. The van der Waals surface area contributed by atoms with Gasteiger partial charge in [0.05, 0.1) is 0 Å². The number of thioether (sulfide) groups is 1. The van der Waals surface area contributed by atoms with E-state index in [-0.39, 0.29) is 0 Å². The van der Waals surface area contributed by atoms with Crippen molar-refractivity contribution in [1.29, 1.82) is 0 Å². The zero-order valence-corrected chi connectivity index (χ0v) is 9.64. The summed E-state index contributed by atoms with van der Waals surface area (Å²) in [5.74, 6) is 3.54. The summed E-state index contributed by atoms with van der Waals surface area (Å²) in [7, 11) is 0. The van der Waals surface area contributed by atoms with Crippen LogP contribution >= 0.6 is 27.7 Å². The number of aromatic nitrogens is 1. The molecule has 70 valence electrons. The monoisotopic (exact) mass is 258 g/mol. The van der Waals surface area contributed by atoms with Gasteiger partial charge < -0.3 is 4.90 Å². The topological polar surface area (TPSA) is 16.1 Å². The minimum atomic E-state index is 1.04. The second-order valence-electron chi connectivity index (χ2n) is 2.93. The number of rotatable bonds is 1. The fraction of sp³-hybridized carbons (Fsp3) is 0.444. The predicted molar refractivity (Wildman–Crippen MR) is 61.5 cm³/mol. The van der Waals surface area contributed by atoms with Crippen LogP contribution in [0.1, 0.15) is 0 Å². The molecule has 0 amide bonds. The second-order valence-corrected chi connectivity index (χ2v) is 5.07. The Bertz CT molecular complexity index is 269. The SMILES string of the molecule is Brc1ccc(N2CCSCC2)nc1. The standard InChI is InChI=1S/C9H11BrN2S/c10-8-1-2-9(11-7-8)12-3-5-13-6-4-12/h1-2,7H,3-6H2. The van der Waals surface area contributed by atoms with Crippen LogP contribution in [0.5, 0.6) is 0 Å². The van der Waals surface area contributed by atoms with Crippen molar-refractivity contribution in [2.45, 2.75) is 0 Å². The fourth-order valence-corrected chi connectivity index (χ4v) is 2.49. The summed E-state index contributed by atoms with van der Waals surface area (Å²) in [5, 5.41) is 0. The van der Waals surface area contributed by atoms with E-state index in [1.807, 2.05) is 24.0 Å². The first kappa shape index (κ1) is 9.34. The van der Waals surface area contributed by atoms with Crippen molar-refractivity contribution in [2.75, 3.05) is 29.5 Å². The van der Waals surface area contributed by atoms with E-state index in [1.165, 1.54) is 11.5 Å². The van der Waals surface area contributed by atoms with E-state index in [4.69, 9.17) is 0 Å². The fourth-order valence-electron chi connectivity index (χ4n) is 1.35. The van der Waals surface area contributed by atoms with Gasteiger partial charge in [0, 0.05) is 35.3 Å². The maximum absolute atomic E-state index is 4.37.